The molecule has 3 fully saturated rings. The fourth-order valence-corrected chi connectivity index (χ4v) is 3.71. The van der Waals surface area contributed by atoms with E-state index in [0.29, 0.717) is 23.3 Å². The molecule has 16 heavy (non-hydrogen) atoms. The number of fused-ring (bicyclic) bond motifs is 2. The monoisotopic (exact) mass is 221 g/mol. The van der Waals surface area contributed by atoms with E-state index in [9.17, 15) is 4.79 Å². The lowest BCUT2D eigenvalue weighted by molar-refractivity contribution is -0.127. The second-order valence-electron chi connectivity index (χ2n) is 6.77. The van der Waals surface area contributed by atoms with Crippen LogP contribution >= 0.6 is 0 Å². The standard InChI is InChI=1S/C14H23NO/c1-14(2)8-10(14)9-15-11-4-3-5-12(15)7-13(16)6-11/h10-12H,3-9H2,1-2H3. The van der Waals surface area contributed by atoms with Gasteiger partial charge in [-0.3, -0.25) is 9.69 Å². The van der Waals surface area contributed by atoms with Crippen LogP contribution in [0.2, 0.25) is 0 Å². The van der Waals surface area contributed by atoms with Crippen LogP contribution in [0.4, 0.5) is 0 Å². The van der Waals surface area contributed by atoms with Crippen LogP contribution in [0.3, 0.4) is 0 Å². The van der Waals surface area contributed by atoms with Crippen molar-refractivity contribution in [2.24, 2.45) is 11.3 Å². The molecule has 2 bridgehead atoms. The minimum atomic E-state index is 0.515. The van der Waals surface area contributed by atoms with Crippen LogP contribution in [0.1, 0.15) is 52.4 Å². The normalized spacial score (nSPS) is 42.1. The number of carbonyl (C=O) groups is 1. The first-order valence-corrected chi connectivity index (χ1v) is 6.84. The molecule has 0 radical (unpaired) electrons. The predicted octanol–water partition coefficient (Wildman–Crippen LogP) is 2.62. The van der Waals surface area contributed by atoms with Crippen molar-refractivity contribution in [1.29, 1.82) is 0 Å². The minimum Gasteiger partial charge on any atom is -0.300 e. The van der Waals surface area contributed by atoms with Gasteiger partial charge in [-0.1, -0.05) is 20.3 Å². The third kappa shape index (κ3) is 1.81. The Morgan fingerprint density at radius 2 is 1.81 bits per heavy atom. The first-order chi connectivity index (χ1) is 7.56. The van der Waals surface area contributed by atoms with Gasteiger partial charge in [-0.15, -0.1) is 0 Å². The van der Waals surface area contributed by atoms with Gasteiger partial charge in [0.15, 0.2) is 0 Å². The predicted molar refractivity (Wildman–Crippen MR) is 64.3 cm³/mol. The van der Waals surface area contributed by atoms with E-state index in [2.05, 4.69) is 18.7 Å². The van der Waals surface area contributed by atoms with Gasteiger partial charge >= 0.3 is 0 Å². The molecule has 3 atom stereocenters. The SMILES string of the molecule is CC1(C)CC1CN1C2CCCC1CC(=O)C2. The molecule has 2 saturated heterocycles. The molecular weight excluding hydrogens is 198 g/mol. The molecule has 0 aromatic carbocycles. The molecule has 0 aromatic heterocycles. The zero-order chi connectivity index (χ0) is 11.3. The molecule has 0 amide bonds. The quantitative estimate of drug-likeness (QED) is 0.714. The van der Waals surface area contributed by atoms with E-state index in [0.717, 1.165) is 18.8 Å². The molecular formula is C14H23NO. The van der Waals surface area contributed by atoms with Gasteiger partial charge < -0.3 is 0 Å². The molecule has 1 saturated carbocycles. The van der Waals surface area contributed by atoms with Crippen molar-refractivity contribution in [3.05, 3.63) is 0 Å². The number of carbonyl (C=O) groups excluding carboxylic acids is 1. The molecule has 2 heteroatoms. The Hall–Kier alpha value is -0.370. The van der Waals surface area contributed by atoms with Gasteiger partial charge in [0.05, 0.1) is 0 Å². The smallest absolute Gasteiger partial charge is 0.136 e. The number of nitrogens with zero attached hydrogens (tertiary/aromatic N) is 1. The van der Waals surface area contributed by atoms with Gasteiger partial charge in [0, 0.05) is 31.5 Å². The van der Waals surface area contributed by atoms with Crippen LogP contribution in [0.25, 0.3) is 0 Å². The van der Waals surface area contributed by atoms with Crippen LogP contribution in [0.5, 0.6) is 0 Å². The fourth-order valence-electron chi connectivity index (χ4n) is 3.71. The molecule has 2 nitrogen and oxygen atoms in total. The number of rotatable bonds is 2. The first-order valence-electron chi connectivity index (χ1n) is 6.84. The van der Waals surface area contributed by atoms with Gasteiger partial charge in [-0.2, -0.15) is 0 Å². The van der Waals surface area contributed by atoms with Crippen LogP contribution in [0, 0.1) is 11.3 Å². The third-order valence-corrected chi connectivity index (χ3v) is 5.09. The highest BCUT2D eigenvalue weighted by atomic mass is 16.1. The fraction of sp³-hybridized carbons (Fsp3) is 0.929. The summed E-state index contributed by atoms with van der Waals surface area (Å²) in [5, 5.41) is 0. The van der Waals surface area contributed by atoms with E-state index in [1.165, 1.54) is 32.2 Å². The van der Waals surface area contributed by atoms with Crippen LogP contribution in [0.15, 0.2) is 0 Å². The Morgan fingerprint density at radius 1 is 1.25 bits per heavy atom. The van der Waals surface area contributed by atoms with Crippen molar-refractivity contribution in [3.63, 3.8) is 0 Å². The van der Waals surface area contributed by atoms with Crippen molar-refractivity contribution in [2.45, 2.75) is 64.5 Å². The molecule has 2 aliphatic heterocycles. The number of Topliss-reactive ketones (excluding diaryl/α,β-unsaturated/α-hetero) is 1. The molecule has 3 unspecified atom stereocenters. The van der Waals surface area contributed by atoms with Gasteiger partial charge in [0.1, 0.15) is 5.78 Å². The Labute approximate surface area is 98.4 Å². The lowest BCUT2D eigenvalue weighted by atomic mass is 9.83. The minimum absolute atomic E-state index is 0.515. The van der Waals surface area contributed by atoms with E-state index in [1.54, 1.807) is 0 Å². The number of hydrogen-bond acceptors (Lipinski definition) is 2. The first kappa shape index (κ1) is 10.8. The van der Waals surface area contributed by atoms with Crippen molar-refractivity contribution < 1.29 is 4.79 Å². The lowest BCUT2D eigenvalue weighted by Crippen LogP contribution is -2.53. The summed E-state index contributed by atoms with van der Waals surface area (Å²) in [6, 6.07) is 1.19. The maximum absolute atomic E-state index is 11.6. The molecule has 0 spiro atoms. The van der Waals surface area contributed by atoms with Crippen LogP contribution in [-0.4, -0.2) is 29.3 Å². The van der Waals surface area contributed by atoms with Gasteiger partial charge in [-0.05, 0) is 30.6 Å². The van der Waals surface area contributed by atoms with Crippen LogP contribution < -0.4 is 0 Å². The summed E-state index contributed by atoms with van der Waals surface area (Å²) in [6.45, 7) is 6.01. The Bertz CT molecular complexity index is 294. The summed E-state index contributed by atoms with van der Waals surface area (Å²) in [6.07, 6.45) is 6.92. The summed E-state index contributed by atoms with van der Waals surface area (Å²) in [5.74, 6) is 1.41. The molecule has 0 aromatic rings. The molecule has 3 aliphatic rings. The van der Waals surface area contributed by atoms with E-state index >= 15 is 0 Å². The Balaban J connectivity index is 1.68. The average molecular weight is 221 g/mol. The summed E-state index contributed by atoms with van der Waals surface area (Å²) < 4.78 is 0. The Morgan fingerprint density at radius 3 is 2.31 bits per heavy atom. The zero-order valence-electron chi connectivity index (χ0n) is 10.5. The van der Waals surface area contributed by atoms with Gasteiger partial charge in [0.2, 0.25) is 0 Å². The summed E-state index contributed by atoms with van der Waals surface area (Å²) in [4.78, 5) is 14.3. The highest BCUT2D eigenvalue weighted by molar-refractivity contribution is 5.80. The highest BCUT2D eigenvalue weighted by Gasteiger charge is 2.48. The molecule has 1 aliphatic carbocycles. The third-order valence-electron chi connectivity index (χ3n) is 5.09. The maximum Gasteiger partial charge on any atom is 0.136 e. The van der Waals surface area contributed by atoms with Gasteiger partial charge in [0.25, 0.3) is 0 Å². The van der Waals surface area contributed by atoms with E-state index in [4.69, 9.17) is 0 Å². The summed E-state index contributed by atoms with van der Waals surface area (Å²) >= 11 is 0. The van der Waals surface area contributed by atoms with E-state index < -0.39 is 0 Å². The second kappa shape index (κ2) is 3.56. The second-order valence-corrected chi connectivity index (χ2v) is 6.77. The van der Waals surface area contributed by atoms with Crippen molar-refractivity contribution in [2.75, 3.05) is 6.54 Å². The summed E-state index contributed by atoms with van der Waals surface area (Å²) in [5.41, 5.74) is 0.579. The average Bonchev–Trinajstić information content (AvgIpc) is 2.75. The number of piperidine rings is 2. The van der Waals surface area contributed by atoms with Crippen LogP contribution in [-0.2, 0) is 4.79 Å². The van der Waals surface area contributed by atoms with E-state index in [1.807, 2.05) is 0 Å². The largest absolute Gasteiger partial charge is 0.300 e. The lowest BCUT2D eigenvalue weighted by Gasteiger charge is -2.45. The molecule has 90 valence electrons. The molecule has 2 heterocycles. The van der Waals surface area contributed by atoms with E-state index in [-0.39, 0.29) is 0 Å². The van der Waals surface area contributed by atoms with Crippen molar-refractivity contribution in [1.82, 2.24) is 4.90 Å². The number of ketones is 1. The van der Waals surface area contributed by atoms with Gasteiger partial charge in [-0.25, -0.2) is 0 Å². The zero-order valence-corrected chi connectivity index (χ0v) is 10.5. The maximum atomic E-state index is 11.6. The number of hydrogen-bond donors (Lipinski definition) is 0. The summed E-state index contributed by atoms with van der Waals surface area (Å²) in [7, 11) is 0. The Kier molecular flexibility index (Phi) is 2.39. The molecule has 3 rings (SSSR count). The highest BCUT2D eigenvalue weighted by Crippen LogP contribution is 2.53. The molecule has 0 N–H and O–H groups in total. The topological polar surface area (TPSA) is 20.3 Å². The van der Waals surface area contributed by atoms with Crippen molar-refractivity contribution >= 4 is 5.78 Å². The van der Waals surface area contributed by atoms with Crippen molar-refractivity contribution in [3.8, 4) is 0 Å².